The van der Waals surface area contributed by atoms with E-state index in [0.717, 1.165) is 86.7 Å². The molecule has 1 aromatic carbocycles. The molecular weight excluding hydrogens is 493 g/mol. The second-order valence-corrected chi connectivity index (χ2v) is 10.7. The van der Waals surface area contributed by atoms with Crippen LogP contribution in [0.3, 0.4) is 0 Å². The van der Waals surface area contributed by atoms with E-state index in [1.54, 1.807) is 10.9 Å². The van der Waals surface area contributed by atoms with Crippen LogP contribution in [-0.4, -0.2) is 62.4 Å². The first-order valence-corrected chi connectivity index (χ1v) is 13.6. The molecule has 0 unspecified atom stereocenters. The average Bonchev–Trinajstić information content (AvgIpc) is 3.16. The van der Waals surface area contributed by atoms with E-state index in [9.17, 15) is 18.0 Å². The number of nitrogens with zero attached hydrogens (tertiary/aromatic N) is 5. The fourth-order valence-corrected chi connectivity index (χ4v) is 5.74. The molecule has 38 heavy (non-hydrogen) atoms. The largest absolute Gasteiger partial charge is 0.389 e. The van der Waals surface area contributed by atoms with Crippen molar-refractivity contribution in [3.05, 3.63) is 53.2 Å². The van der Waals surface area contributed by atoms with Crippen molar-refractivity contribution in [2.45, 2.75) is 70.0 Å². The van der Waals surface area contributed by atoms with Crippen molar-refractivity contribution in [2.24, 2.45) is 13.0 Å². The maximum Gasteiger partial charge on any atom is 0.389 e. The summed E-state index contributed by atoms with van der Waals surface area (Å²) in [6.45, 7) is 2.80. The number of fused-ring (bicyclic) bond motifs is 2. The maximum atomic E-state index is 13.0. The van der Waals surface area contributed by atoms with Gasteiger partial charge in [0.25, 0.3) is 5.91 Å². The van der Waals surface area contributed by atoms with Gasteiger partial charge in [0.05, 0.1) is 17.5 Å². The SMILES string of the molecule is Cn1cc2c(C(=O)NC3CCC(CCN4CCc5cnc(CCC(F)(F)F)nc5CC4)CC3)cccc2n1. The van der Waals surface area contributed by atoms with Crippen LogP contribution >= 0.6 is 0 Å². The van der Waals surface area contributed by atoms with Crippen LogP contribution in [-0.2, 0) is 26.3 Å². The van der Waals surface area contributed by atoms with E-state index >= 15 is 0 Å². The topological polar surface area (TPSA) is 75.9 Å². The number of halogens is 3. The molecule has 0 radical (unpaired) electrons. The summed E-state index contributed by atoms with van der Waals surface area (Å²) in [5, 5.41) is 8.52. The van der Waals surface area contributed by atoms with Gasteiger partial charge in [-0.25, -0.2) is 9.97 Å². The maximum absolute atomic E-state index is 13.0. The zero-order valence-electron chi connectivity index (χ0n) is 21.8. The molecule has 3 heterocycles. The Kier molecular flexibility index (Phi) is 7.97. The Morgan fingerprint density at radius 2 is 1.92 bits per heavy atom. The molecule has 1 amide bonds. The molecule has 0 atom stereocenters. The third kappa shape index (κ3) is 6.70. The van der Waals surface area contributed by atoms with Crippen molar-refractivity contribution in [3.63, 3.8) is 0 Å². The molecule has 10 heteroatoms. The Labute approximate surface area is 220 Å². The lowest BCUT2D eigenvalue weighted by Gasteiger charge is -2.30. The van der Waals surface area contributed by atoms with E-state index in [4.69, 9.17) is 0 Å². The van der Waals surface area contributed by atoms with Crippen LogP contribution < -0.4 is 5.32 Å². The van der Waals surface area contributed by atoms with Crippen molar-refractivity contribution >= 4 is 16.8 Å². The Balaban J connectivity index is 1.06. The lowest BCUT2D eigenvalue weighted by atomic mass is 9.84. The summed E-state index contributed by atoms with van der Waals surface area (Å²) in [6.07, 6.45) is 5.25. The molecule has 2 aliphatic rings. The number of alkyl halides is 3. The number of aromatic nitrogens is 4. The summed E-state index contributed by atoms with van der Waals surface area (Å²) in [4.78, 5) is 24.0. The smallest absolute Gasteiger partial charge is 0.349 e. The highest BCUT2D eigenvalue weighted by Crippen LogP contribution is 2.28. The first kappa shape index (κ1) is 26.6. The van der Waals surface area contributed by atoms with Crippen molar-refractivity contribution < 1.29 is 18.0 Å². The van der Waals surface area contributed by atoms with Gasteiger partial charge >= 0.3 is 6.18 Å². The minimum atomic E-state index is -4.19. The number of hydrogen-bond donors (Lipinski definition) is 1. The van der Waals surface area contributed by atoms with Crippen LogP contribution in [0.25, 0.3) is 10.9 Å². The molecule has 1 N–H and O–H groups in total. The number of hydrogen-bond acceptors (Lipinski definition) is 5. The summed E-state index contributed by atoms with van der Waals surface area (Å²) in [5.41, 5.74) is 3.46. The van der Waals surface area contributed by atoms with Gasteiger partial charge in [-0.15, -0.1) is 0 Å². The standard InChI is InChI=1S/C28H35F3N6O/c1-36-18-23-22(3-2-4-25(23)35-36)27(38)33-21-7-5-19(6-8-21)10-14-37-15-11-20-17-32-26(9-13-28(29,30)31)34-24(20)12-16-37/h2-4,17-19,21H,5-16H2,1H3,(H,33,38). The number of carbonyl (C=O) groups excluding carboxylic acids is 1. The van der Waals surface area contributed by atoms with Crippen LogP contribution in [0.1, 0.15) is 66.0 Å². The summed E-state index contributed by atoms with van der Waals surface area (Å²) >= 11 is 0. The molecule has 1 aliphatic carbocycles. The van der Waals surface area contributed by atoms with E-state index < -0.39 is 12.6 Å². The predicted molar refractivity (Wildman–Crippen MR) is 139 cm³/mol. The third-order valence-electron chi connectivity index (χ3n) is 7.94. The molecule has 1 fully saturated rings. The average molecular weight is 529 g/mol. The second kappa shape index (κ2) is 11.4. The van der Waals surface area contributed by atoms with Gasteiger partial charge in [0.1, 0.15) is 5.82 Å². The molecular formula is C28H35F3N6O. The number of aryl methyl sites for hydroxylation is 2. The van der Waals surface area contributed by atoms with Crippen molar-refractivity contribution in [1.82, 2.24) is 30.0 Å². The number of amides is 1. The predicted octanol–water partition coefficient (Wildman–Crippen LogP) is 4.64. The lowest BCUT2D eigenvalue weighted by Crippen LogP contribution is -2.38. The highest BCUT2D eigenvalue weighted by molar-refractivity contribution is 6.06. The summed E-state index contributed by atoms with van der Waals surface area (Å²) in [7, 11) is 1.86. The molecule has 3 aromatic rings. The number of nitrogens with one attached hydrogen (secondary N) is 1. The van der Waals surface area contributed by atoms with Crippen LogP contribution in [0.4, 0.5) is 13.2 Å². The zero-order chi connectivity index (χ0) is 26.7. The molecule has 2 aromatic heterocycles. The highest BCUT2D eigenvalue weighted by atomic mass is 19.4. The minimum absolute atomic E-state index is 0.0270. The van der Waals surface area contributed by atoms with Gasteiger partial charge < -0.3 is 10.2 Å². The quantitative estimate of drug-likeness (QED) is 0.484. The molecule has 0 spiro atoms. The Hall–Kier alpha value is -3.01. The van der Waals surface area contributed by atoms with Gasteiger partial charge in [0.2, 0.25) is 0 Å². The van der Waals surface area contributed by atoms with Gasteiger partial charge in [-0.2, -0.15) is 18.3 Å². The highest BCUT2D eigenvalue weighted by Gasteiger charge is 2.28. The summed E-state index contributed by atoms with van der Waals surface area (Å²) in [6, 6.07) is 5.86. The van der Waals surface area contributed by atoms with Gasteiger partial charge in [0, 0.05) is 62.5 Å². The molecule has 1 aliphatic heterocycles. The number of benzene rings is 1. The molecule has 204 valence electrons. The first-order chi connectivity index (χ1) is 18.2. The number of rotatable bonds is 7. The van der Waals surface area contributed by atoms with E-state index in [2.05, 4.69) is 25.3 Å². The Morgan fingerprint density at radius 1 is 1.13 bits per heavy atom. The van der Waals surface area contributed by atoms with Gasteiger partial charge in [-0.3, -0.25) is 9.48 Å². The Bertz CT molecular complexity index is 1270. The molecule has 1 saturated carbocycles. The molecule has 0 bridgehead atoms. The normalized spacial score (nSPS) is 20.7. The monoisotopic (exact) mass is 528 g/mol. The van der Waals surface area contributed by atoms with E-state index in [-0.39, 0.29) is 24.2 Å². The number of carbonyl (C=O) groups is 1. The Morgan fingerprint density at radius 3 is 2.71 bits per heavy atom. The first-order valence-electron chi connectivity index (χ1n) is 13.6. The molecule has 7 nitrogen and oxygen atoms in total. The zero-order valence-corrected chi connectivity index (χ0v) is 21.8. The third-order valence-corrected chi connectivity index (χ3v) is 7.94. The van der Waals surface area contributed by atoms with Crippen LogP contribution in [0.2, 0.25) is 0 Å². The van der Waals surface area contributed by atoms with Gasteiger partial charge in [-0.05, 0) is 68.7 Å². The molecule has 5 rings (SSSR count). The van der Waals surface area contributed by atoms with Crippen LogP contribution in [0.5, 0.6) is 0 Å². The van der Waals surface area contributed by atoms with Crippen molar-refractivity contribution in [1.29, 1.82) is 0 Å². The lowest BCUT2D eigenvalue weighted by molar-refractivity contribution is -0.134. The van der Waals surface area contributed by atoms with Crippen molar-refractivity contribution in [3.8, 4) is 0 Å². The van der Waals surface area contributed by atoms with E-state index in [1.165, 1.54) is 0 Å². The molecule has 0 saturated heterocycles. The van der Waals surface area contributed by atoms with Gasteiger partial charge in [-0.1, -0.05) is 6.07 Å². The fourth-order valence-electron chi connectivity index (χ4n) is 5.74. The van der Waals surface area contributed by atoms with Crippen LogP contribution in [0, 0.1) is 5.92 Å². The second-order valence-electron chi connectivity index (χ2n) is 10.7. The summed E-state index contributed by atoms with van der Waals surface area (Å²) < 4.78 is 39.4. The van der Waals surface area contributed by atoms with Crippen molar-refractivity contribution in [2.75, 3.05) is 19.6 Å². The summed E-state index contributed by atoms with van der Waals surface area (Å²) in [5.74, 6) is 0.903. The van der Waals surface area contributed by atoms with E-state index in [1.807, 2.05) is 31.4 Å². The minimum Gasteiger partial charge on any atom is -0.349 e. The fraction of sp³-hybridized carbons (Fsp3) is 0.571. The van der Waals surface area contributed by atoms with Crippen LogP contribution in [0.15, 0.2) is 30.6 Å². The van der Waals surface area contributed by atoms with E-state index in [0.29, 0.717) is 11.5 Å². The van der Waals surface area contributed by atoms with Gasteiger partial charge in [0.15, 0.2) is 0 Å².